The largest absolute Gasteiger partial charge is 0.496 e. The highest BCUT2D eigenvalue weighted by atomic mass is 32.2. The highest BCUT2D eigenvalue weighted by Crippen LogP contribution is 2.27. The molecule has 25 heavy (non-hydrogen) atoms. The van der Waals surface area contributed by atoms with Crippen LogP contribution in [0.4, 0.5) is 0 Å². The molecule has 0 aromatic heterocycles. The Bertz CT molecular complexity index is 708. The molecule has 1 fully saturated rings. The van der Waals surface area contributed by atoms with Crippen LogP contribution in [0.15, 0.2) is 18.2 Å². The van der Waals surface area contributed by atoms with Crippen LogP contribution >= 0.6 is 0 Å². The first-order valence-corrected chi connectivity index (χ1v) is 10.3. The fourth-order valence-electron chi connectivity index (χ4n) is 3.03. The molecule has 0 aliphatic carbocycles. The van der Waals surface area contributed by atoms with Crippen molar-refractivity contribution in [1.29, 1.82) is 0 Å². The van der Waals surface area contributed by atoms with E-state index < -0.39 is 10.0 Å². The van der Waals surface area contributed by atoms with Gasteiger partial charge in [0.15, 0.2) is 0 Å². The second-order valence-electron chi connectivity index (χ2n) is 6.59. The molecule has 0 spiro atoms. The number of carbonyl (C=O) groups excluding carboxylic acids is 1. The second-order valence-corrected chi connectivity index (χ2v) is 8.85. The van der Waals surface area contributed by atoms with E-state index in [0.717, 1.165) is 16.9 Å². The maximum absolute atomic E-state index is 12.6. The summed E-state index contributed by atoms with van der Waals surface area (Å²) in [5.74, 6) is 1.29. The number of rotatable bonds is 6. The Hall–Kier alpha value is -1.60. The predicted molar refractivity (Wildman–Crippen MR) is 98.4 cm³/mol. The standard InChI is InChI=1S/C18H28N2O4S/c1-5-25(22,23)20-10-8-19(9-11-20)18(21)13-15-6-7-17(24-4)16(12-15)14(2)3/h6-7,12,14H,5,8-11,13H2,1-4H3. The van der Waals surface area contributed by atoms with Gasteiger partial charge < -0.3 is 9.64 Å². The highest BCUT2D eigenvalue weighted by molar-refractivity contribution is 7.89. The van der Waals surface area contributed by atoms with E-state index in [1.54, 1.807) is 18.9 Å². The summed E-state index contributed by atoms with van der Waals surface area (Å²) in [5.41, 5.74) is 2.05. The lowest BCUT2D eigenvalue weighted by Crippen LogP contribution is -2.51. The number of benzene rings is 1. The van der Waals surface area contributed by atoms with Crippen molar-refractivity contribution in [2.45, 2.75) is 33.1 Å². The molecule has 1 aliphatic heterocycles. The Morgan fingerprint density at radius 2 is 1.84 bits per heavy atom. The molecule has 0 saturated carbocycles. The molecule has 0 N–H and O–H groups in total. The molecule has 1 aromatic rings. The summed E-state index contributed by atoms with van der Waals surface area (Å²) >= 11 is 0. The van der Waals surface area contributed by atoms with Crippen LogP contribution in [-0.2, 0) is 21.2 Å². The third kappa shape index (κ3) is 4.73. The highest BCUT2D eigenvalue weighted by Gasteiger charge is 2.27. The smallest absolute Gasteiger partial charge is 0.227 e. The monoisotopic (exact) mass is 368 g/mol. The Kier molecular flexibility index (Phi) is 6.46. The van der Waals surface area contributed by atoms with E-state index in [1.807, 2.05) is 18.2 Å². The number of hydrogen-bond acceptors (Lipinski definition) is 4. The van der Waals surface area contributed by atoms with Gasteiger partial charge in [0.25, 0.3) is 0 Å². The molecule has 1 amide bonds. The number of methoxy groups -OCH3 is 1. The van der Waals surface area contributed by atoms with Gasteiger partial charge >= 0.3 is 0 Å². The molecule has 2 rings (SSSR count). The van der Waals surface area contributed by atoms with Gasteiger partial charge in [0.2, 0.25) is 15.9 Å². The van der Waals surface area contributed by atoms with Crippen molar-refractivity contribution in [3.63, 3.8) is 0 Å². The fourth-order valence-corrected chi connectivity index (χ4v) is 4.11. The van der Waals surface area contributed by atoms with Crippen LogP contribution in [0, 0.1) is 0 Å². The number of carbonyl (C=O) groups is 1. The summed E-state index contributed by atoms with van der Waals surface area (Å²) in [5, 5.41) is 0. The van der Waals surface area contributed by atoms with Gasteiger partial charge in [-0.25, -0.2) is 8.42 Å². The molecule has 1 heterocycles. The molecular weight excluding hydrogens is 340 g/mol. The van der Waals surface area contributed by atoms with Crippen molar-refractivity contribution in [3.05, 3.63) is 29.3 Å². The lowest BCUT2D eigenvalue weighted by molar-refractivity contribution is -0.131. The third-order valence-corrected chi connectivity index (χ3v) is 6.50. The van der Waals surface area contributed by atoms with Gasteiger partial charge in [-0.1, -0.05) is 26.0 Å². The summed E-state index contributed by atoms with van der Waals surface area (Å²) in [7, 11) is -1.52. The van der Waals surface area contributed by atoms with Crippen molar-refractivity contribution in [3.8, 4) is 5.75 Å². The summed E-state index contributed by atoms with van der Waals surface area (Å²) in [6, 6.07) is 5.85. The first kappa shape index (κ1) is 19.7. The minimum atomic E-state index is -3.17. The molecule has 0 radical (unpaired) electrons. The molecule has 0 bridgehead atoms. The summed E-state index contributed by atoms with van der Waals surface area (Å²) in [6.45, 7) is 7.48. The maximum atomic E-state index is 12.6. The fraction of sp³-hybridized carbons (Fsp3) is 0.611. The van der Waals surface area contributed by atoms with Crippen LogP contribution < -0.4 is 4.74 Å². The van der Waals surface area contributed by atoms with Crippen molar-refractivity contribution in [2.24, 2.45) is 0 Å². The molecule has 0 atom stereocenters. The third-order valence-electron chi connectivity index (χ3n) is 4.62. The first-order valence-electron chi connectivity index (χ1n) is 8.71. The Morgan fingerprint density at radius 1 is 1.20 bits per heavy atom. The maximum Gasteiger partial charge on any atom is 0.227 e. The van der Waals surface area contributed by atoms with Gasteiger partial charge in [0, 0.05) is 26.2 Å². The lowest BCUT2D eigenvalue weighted by atomic mass is 9.98. The number of ether oxygens (including phenoxy) is 1. The van der Waals surface area contributed by atoms with Crippen LogP contribution in [0.1, 0.15) is 37.8 Å². The number of piperazine rings is 1. The number of sulfonamides is 1. The van der Waals surface area contributed by atoms with Gasteiger partial charge in [-0.3, -0.25) is 4.79 Å². The molecule has 1 saturated heterocycles. The van der Waals surface area contributed by atoms with Crippen LogP contribution in [0.3, 0.4) is 0 Å². The predicted octanol–water partition coefficient (Wildman–Crippen LogP) is 1.85. The second kappa shape index (κ2) is 8.19. The van der Waals surface area contributed by atoms with Gasteiger partial charge in [0.1, 0.15) is 5.75 Å². The normalized spacial score (nSPS) is 16.3. The molecule has 1 aliphatic rings. The molecular formula is C18H28N2O4S. The number of hydrogen-bond donors (Lipinski definition) is 0. The van der Waals surface area contributed by atoms with Crippen LogP contribution in [-0.4, -0.2) is 62.6 Å². The zero-order valence-electron chi connectivity index (χ0n) is 15.5. The number of nitrogens with zero attached hydrogens (tertiary/aromatic N) is 2. The molecule has 6 nitrogen and oxygen atoms in total. The quantitative estimate of drug-likeness (QED) is 0.769. The SMILES string of the molecule is CCS(=O)(=O)N1CCN(C(=O)Cc2ccc(OC)c(C(C)C)c2)CC1. The molecule has 7 heteroatoms. The van der Waals surface area contributed by atoms with Crippen molar-refractivity contribution in [2.75, 3.05) is 39.0 Å². The Morgan fingerprint density at radius 3 is 2.36 bits per heavy atom. The van der Waals surface area contributed by atoms with Crippen molar-refractivity contribution >= 4 is 15.9 Å². The first-order chi connectivity index (χ1) is 11.8. The van der Waals surface area contributed by atoms with E-state index in [-0.39, 0.29) is 11.7 Å². The zero-order chi connectivity index (χ0) is 18.6. The Balaban J connectivity index is 2.01. The van der Waals surface area contributed by atoms with E-state index in [2.05, 4.69) is 13.8 Å². The van der Waals surface area contributed by atoms with Gasteiger partial charge in [-0.2, -0.15) is 4.31 Å². The Labute approximate surface area is 150 Å². The van der Waals surface area contributed by atoms with Crippen molar-refractivity contribution in [1.82, 2.24) is 9.21 Å². The van der Waals surface area contributed by atoms with Crippen LogP contribution in [0.2, 0.25) is 0 Å². The van der Waals surface area contributed by atoms with E-state index in [0.29, 0.717) is 38.5 Å². The minimum Gasteiger partial charge on any atom is -0.496 e. The van der Waals surface area contributed by atoms with Crippen LogP contribution in [0.25, 0.3) is 0 Å². The van der Waals surface area contributed by atoms with Gasteiger partial charge in [0.05, 0.1) is 19.3 Å². The van der Waals surface area contributed by atoms with Gasteiger partial charge in [-0.05, 0) is 30.0 Å². The van der Waals surface area contributed by atoms with Gasteiger partial charge in [-0.15, -0.1) is 0 Å². The zero-order valence-corrected chi connectivity index (χ0v) is 16.3. The minimum absolute atomic E-state index is 0.0356. The van der Waals surface area contributed by atoms with E-state index in [4.69, 9.17) is 4.74 Å². The molecule has 1 aromatic carbocycles. The van der Waals surface area contributed by atoms with Crippen molar-refractivity contribution < 1.29 is 17.9 Å². The van der Waals surface area contributed by atoms with E-state index >= 15 is 0 Å². The summed E-state index contributed by atoms with van der Waals surface area (Å²) in [6.07, 6.45) is 0.324. The average molecular weight is 368 g/mol. The van der Waals surface area contributed by atoms with E-state index in [1.165, 1.54) is 4.31 Å². The summed E-state index contributed by atoms with van der Waals surface area (Å²) in [4.78, 5) is 14.3. The van der Waals surface area contributed by atoms with Crippen LogP contribution in [0.5, 0.6) is 5.75 Å². The molecule has 140 valence electrons. The summed E-state index contributed by atoms with van der Waals surface area (Å²) < 4.78 is 30.6. The average Bonchev–Trinajstić information content (AvgIpc) is 2.61. The topological polar surface area (TPSA) is 66.9 Å². The number of amides is 1. The molecule has 0 unspecified atom stereocenters. The van der Waals surface area contributed by atoms with E-state index in [9.17, 15) is 13.2 Å². The lowest BCUT2D eigenvalue weighted by Gasteiger charge is -2.34.